The minimum Gasteiger partial charge on any atom is -0.271 e. The topological polar surface area (TPSA) is 38.0 Å². The first kappa shape index (κ1) is 12.6. The molecule has 16 heavy (non-hydrogen) atoms. The average molecular weight is 348 g/mol. The zero-order chi connectivity index (χ0) is 11.5. The fourth-order valence-electron chi connectivity index (χ4n) is 2.55. The first-order valence-electron chi connectivity index (χ1n) is 5.63. The highest BCUT2D eigenvalue weighted by molar-refractivity contribution is 9.11. The summed E-state index contributed by atoms with van der Waals surface area (Å²) in [5, 5.41) is 0. The second-order valence-electron chi connectivity index (χ2n) is 4.39. The summed E-state index contributed by atoms with van der Waals surface area (Å²) in [7, 11) is 0. The van der Waals surface area contributed by atoms with Gasteiger partial charge in [-0.15, -0.1) is 0 Å². The van der Waals surface area contributed by atoms with E-state index in [0.29, 0.717) is 5.92 Å². The van der Waals surface area contributed by atoms with Crippen LogP contribution in [0.2, 0.25) is 0 Å². The summed E-state index contributed by atoms with van der Waals surface area (Å²) in [5.41, 5.74) is 4.23. The summed E-state index contributed by atoms with van der Waals surface area (Å²) in [6, 6.07) is 6.61. The van der Waals surface area contributed by atoms with Gasteiger partial charge in [-0.2, -0.15) is 0 Å². The van der Waals surface area contributed by atoms with Gasteiger partial charge in [0.25, 0.3) is 0 Å². The minimum atomic E-state index is 0.274. The number of rotatable bonds is 3. The van der Waals surface area contributed by atoms with E-state index in [9.17, 15) is 0 Å². The van der Waals surface area contributed by atoms with Crippen molar-refractivity contribution in [3.63, 3.8) is 0 Å². The Balaban J connectivity index is 2.24. The molecular weight excluding hydrogens is 332 g/mol. The van der Waals surface area contributed by atoms with Crippen molar-refractivity contribution < 1.29 is 0 Å². The van der Waals surface area contributed by atoms with Crippen molar-refractivity contribution in [2.45, 2.75) is 31.7 Å². The Hall–Kier alpha value is 0.1000. The van der Waals surface area contributed by atoms with Crippen LogP contribution in [0.25, 0.3) is 0 Å². The third kappa shape index (κ3) is 2.86. The van der Waals surface area contributed by atoms with E-state index in [0.717, 1.165) is 8.95 Å². The summed E-state index contributed by atoms with van der Waals surface area (Å²) >= 11 is 7.04. The number of hydrogen-bond acceptors (Lipinski definition) is 2. The molecule has 0 heterocycles. The molecule has 1 fully saturated rings. The number of benzene rings is 1. The Morgan fingerprint density at radius 3 is 2.19 bits per heavy atom. The zero-order valence-electron chi connectivity index (χ0n) is 9.05. The van der Waals surface area contributed by atoms with Crippen LogP contribution in [0.5, 0.6) is 0 Å². The van der Waals surface area contributed by atoms with Crippen molar-refractivity contribution in [1.29, 1.82) is 0 Å². The molecule has 1 saturated carbocycles. The standard InChI is InChI=1S/C12H16Br2N2/c13-10-5-9(6-11(14)7-10)12(16-15)8-3-1-2-4-8/h5-8,12,16H,1-4,15H2. The molecule has 0 spiro atoms. The lowest BCUT2D eigenvalue weighted by atomic mass is 9.92. The van der Waals surface area contributed by atoms with Crippen LogP contribution in [0.3, 0.4) is 0 Å². The molecule has 1 unspecified atom stereocenters. The molecular formula is C12H16Br2N2. The Bertz CT molecular complexity index is 342. The molecule has 0 aliphatic heterocycles. The van der Waals surface area contributed by atoms with Crippen molar-refractivity contribution in [1.82, 2.24) is 5.43 Å². The van der Waals surface area contributed by atoms with Gasteiger partial charge >= 0.3 is 0 Å². The van der Waals surface area contributed by atoms with E-state index in [2.05, 4.69) is 49.4 Å². The van der Waals surface area contributed by atoms with Crippen LogP contribution < -0.4 is 11.3 Å². The lowest BCUT2D eigenvalue weighted by Crippen LogP contribution is -2.32. The van der Waals surface area contributed by atoms with Gasteiger partial charge in [0.05, 0.1) is 0 Å². The third-order valence-corrected chi connectivity index (χ3v) is 4.21. The largest absolute Gasteiger partial charge is 0.271 e. The number of nitrogens with two attached hydrogens (primary N) is 1. The Morgan fingerprint density at radius 2 is 1.69 bits per heavy atom. The van der Waals surface area contributed by atoms with E-state index in [1.165, 1.54) is 31.2 Å². The molecule has 1 atom stereocenters. The SMILES string of the molecule is NNC(c1cc(Br)cc(Br)c1)C1CCCC1. The maximum Gasteiger partial charge on any atom is 0.0488 e. The lowest BCUT2D eigenvalue weighted by Gasteiger charge is -2.23. The molecule has 2 rings (SSSR count). The first-order chi connectivity index (χ1) is 7.70. The van der Waals surface area contributed by atoms with Crippen molar-refractivity contribution in [2.24, 2.45) is 11.8 Å². The van der Waals surface area contributed by atoms with Gasteiger partial charge in [0.15, 0.2) is 0 Å². The molecule has 1 aliphatic rings. The second kappa shape index (κ2) is 5.63. The summed E-state index contributed by atoms with van der Waals surface area (Å²) in [4.78, 5) is 0. The van der Waals surface area contributed by atoms with Gasteiger partial charge in [-0.25, -0.2) is 0 Å². The fourth-order valence-corrected chi connectivity index (χ4v) is 3.88. The highest BCUT2D eigenvalue weighted by Crippen LogP contribution is 2.36. The third-order valence-electron chi connectivity index (χ3n) is 3.29. The summed E-state index contributed by atoms with van der Waals surface area (Å²) in [6.45, 7) is 0. The Kier molecular flexibility index (Phi) is 4.41. The van der Waals surface area contributed by atoms with E-state index in [1.807, 2.05) is 6.07 Å². The molecule has 0 radical (unpaired) electrons. The smallest absolute Gasteiger partial charge is 0.0488 e. The monoisotopic (exact) mass is 346 g/mol. The summed E-state index contributed by atoms with van der Waals surface area (Å²) in [5.74, 6) is 6.38. The van der Waals surface area contributed by atoms with Crippen LogP contribution in [0, 0.1) is 5.92 Å². The van der Waals surface area contributed by atoms with E-state index < -0.39 is 0 Å². The van der Waals surface area contributed by atoms with Gasteiger partial charge < -0.3 is 0 Å². The summed E-state index contributed by atoms with van der Waals surface area (Å²) in [6.07, 6.45) is 5.22. The van der Waals surface area contributed by atoms with Crippen molar-refractivity contribution in [3.05, 3.63) is 32.7 Å². The van der Waals surface area contributed by atoms with E-state index in [4.69, 9.17) is 5.84 Å². The van der Waals surface area contributed by atoms with Gasteiger partial charge in [-0.1, -0.05) is 44.7 Å². The lowest BCUT2D eigenvalue weighted by molar-refractivity contribution is 0.373. The van der Waals surface area contributed by atoms with Gasteiger partial charge in [0.1, 0.15) is 0 Å². The molecule has 0 aromatic heterocycles. The van der Waals surface area contributed by atoms with Crippen molar-refractivity contribution >= 4 is 31.9 Å². The highest BCUT2D eigenvalue weighted by Gasteiger charge is 2.25. The minimum absolute atomic E-state index is 0.274. The summed E-state index contributed by atoms with van der Waals surface area (Å²) < 4.78 is 2.19. The molecule has 2 nitrogen and oxygen atoms in total. The highest BCUT2D eigenvalue weighted by atomic mass is 79.9. The van der Waals surface area contributed by atoms with Gasteiger partial charge in [-0.05, 0) is 42.5 Å². The predicted octanol–water partition coefficient (Wildman–Crippen LogP) is 3.91. The molecule has 4 heteroatoms. The number of nitrogens with one attached hydrogen (secondary N) is 1. The molecule has 88 valence electrons. The average Bonchev–Trinajstić information content (AvgIpc) is 2.70. The first-order valence-corrected chi connectivity index (χ1v) is 7.21. The van der Waals surface area contributed by atoms with Crippen LogP contribution >= 0.6 is 31.9 Å². The van der Waals surface area contributed by atoms with Crippen LogP contribution in [0.4, 0.5) is 0 Å². The molecule has 3 N–H and O–H groups in total. The molecule has 1 aromatic rings. The molecule has 1 aliphatic carbocycles. The van der Waals surface area contributed by atoms with E-state index in [-0.39, 0.29) is 6.04 Å². The maximum atomic E-state index is 5.70. The quantitative estimate of drug-likeness (QED) is 0.642. The molecule has 0 amide bonds. The van der Waals surface area contributed by atoms with E-state index in [1.54, 1.807) is 0 Å². The van der Waals surface area contributed by atoms with E-state index >= 15 is 0 Å². The van der Waals surface area contributed by atoms with Crippen LogP contribution in [-0.4, -0.2) is 0 Å². The predicted molar refractivity (Wildman–Crippen MR) is 73.9 cm³/mol. The molecule has 0 saturated heterocycles. The molecule has 1 aromatic carbocycles. The number of hydrazine groups is 1. The maximum absolute atomic E-state index is 5.70. The van der Waals surface area contributed by atoms with Gasteiger partial charge in [-0.3, -0.25) is 11.3 Å². The normalized spacial score (nSPS) is 18.9. The number of halogens is 2. The molecule has 0 bridgehead atoms. The second-order valence-corrected chi connectivity index (χ2v) is 6.22. The Morgan fingerprint density at radius 1 is 1.12 bits per heavy atom. The fraction of sp³-hybridized carbons (Fsp3) is 0.500. The van der Waals surface area contributed by atoms with Crippen LogP contribution in [0.1, 0.15) is 37.3 Å². The van der Waals surface area contributed by atoms with Gasteiger partial charge in [0.2, 0.25) is 0 Å². The zero-order valence-corrected chi connectivity index (χ0v) is 12.2. The van der Waals surface area contributed by atoms with Crippen LogP contribution in [0.15, 0.2) is 27.1 Å². The van der Waals surface area contributed by atoms with Gasteiger partial charge in [0, 0.05) is 15.0 Å². The Labute approximate surface area is 113 Å². The number of hydrogen-bond donors (Lipinski definition) is 2. The van der Waals surface area contributed by atoms with Crippen LogP contribution in [-0.2, 0) is 0 Å². The van der Waals surface area contributed by atoms with Crippen molar-refractivity contribution in [2.75, 3.05) is 0 Å². The van der Waals surface area contributed by atoms with Crippen molar-refractivity contribution in [3.8, 4) is 0 Å².